The van der Waals surface area contributed by atoms with Crippen LogP contribution in [0.5, 0.6) is 5.75 Å². The van der Waals surface area contributed by atoms with Crippen LogP contribution in [0.2, 0.25) is 0 Å². The Morgan fingerprint density at radius 3 is 2.65 bits per heavy atom. The Hall–Kier alpha value is -1.60. The van der Waals surface area contributed by atoms with E-state index >= 15 is 0 Å². The number of nitrogens with one attached hydrogen (secondary N) is 2. The number of rotatable bonds is 5. The van der Waals surface area contributed by atoms with Gasteiger partial charge < -0.3 is 21.1 Å². The summed E-state index contributed by atoms with van der Waals surface area (Å²) in [5, 5.41) is 5.96. The molecule has 0 aromatic heterocycles. The molecule has 0 radical (unpaired) electrons. The normalized spacial score (nSPS) is 21.4. The summed E-state index contributed by atoms with van der Waals surface area (Å²) in [6, 6.07) is 6.61. The molecule has 1 aromatic carbocycles. The van der Waals surface area contributed by atoms with Gasteiger partial charge in [0.25, 0.3) is 5.91 Å². The van der Waals surface area contributed by atoms with Crippen molar-refractivity contribution in [1.82, 2.24) is 5.32 Å². The van der Waals surface area contributed by atoms with Crippen molar-refractivity contribution in [3.05, 3.63) is 24.3 Å². The third kappa shape index (κ3) is 4.21. The molecule has 1 heterocycles. The number of anilines is 1. The summed E-state index contributed by atoms with van der Waals surface area (Å²) in [6.45, 7) is 0.627. The molecule has 0 saturated carbocycles. The molecular weight excluding hydrogens is 326 g/mol. The Bertz CT molecular complexity index is 492. The number of carbonyl (C=O) groups is 2. The van der Waals surface area contributed by atoms with Crippen LogP contribution in [0.15, 0.2) is 24.3 Å². The summed E-state index contributed by atoms with van der Waals surface area (Å²) in [4.78, 5) is 22.9. The zero-order valence-corrected chi connectivity index (χ0v) is 12.4. The van der Waals surface area contributed by atoms with Crippen LogP contribution in [-0.4, -0.2) is 35.8 Å². The molecule has 1 aromatic rings. The molecule has 20 heavy (non-hydrogen) atoms. The summed E-state index contributed by atoms with van der Waals surface area (Å²) in [5.41, 5.74) is 5.67. The van der Waals surface area contributed by atoms with E-state index in [4.69, 9.17) is 10.5 Å². The molecular formula is C13H16BrN3O3. The Balaban J connectivity index is 1.87. The van der Waals surface area contributed by atoms with Gasteiger partial charge in [0, 0.05) is 17.1 Å². The number of halogens is 1. The van der Waals surface area contributed by atoms with Gasteiger partial charge in [0.2, 0.25) is 5.91 Å². The summed E-state index contributed by atoms with van der Waals surface area (Å²) in [6.07, 6.45) is 0.769. The first kappa shape index (κ1) is 14.8. The second-order valence-corrected chi connectivity index (χ2v) is 5.86. The highest BCUT2D eigenvalue weighted by atomic mass is 79.9. The van der Waals surface area contributed by atoms with Crippen molar-refractivity contribution in [3.63, 3.8) is 0 Å². The molecule has 1 saturated heterocycles. The van der Waals surface area contributed by atoms with Crippen molar-refractivity contribution in [2.75, 3.05) is 18.5 Å². The predicted octanol–water partition coefficient (Wildman–Crippen LogP) is 0.615. The zero-order chi connectivity index (χ0) is 14.5. The van der Waals surface area contributed by atoms with Crippen LogP contribution < -0.4 is 21.1 Å². The van der Waals surface area contributed by atoms with Gasteiger partial charge in [-0.1, -0.05) is 15.9 Å². The number of ether oxygens (including phenoxy) is 1. The van der Waals surface area contributed by atoms with E-state index in [1.54, 1.807) is 24.3 Å². The Morgan fingerprint density at radius 2 is 2.10 bits per heavy atom. The van der Waals surface area contributed by atoms with Gasteiger partial charge in [-0.15, -0.1) is 0 Å². The quantitative estimate of drug-likeness (QED) is 0.684. The summed E-state index contributed by atoms with van der Waals surface area (Å²) < 4.78 is 5.14. The lowest BCUT2D eigenvalue weighted by atomic mass is 10.2. The molecule has 2 atom stereocenters. The standard InChI is InChI=1S/C13H16BrN3O3/c14-8-5-11(16-6-8)13(19)17-9-1-3-10(4-2-9)20-7-12(15)18/h1-4,8,11,16H,5-7H2,(H2,15,18)(H,17,19). The van der Waals surface area contributed by atoms with Crippen LogP contribution in [0.1, 0.15) is 6.42 Å². The molecule has 6 nitrogen and oxygen atoms in total. The zero-order valence-electron chi connectivity index (χ0n) is 10.8. The van der Waals surface area contributed by atoms with Crippen molar-refractivity contribution >= 4 is 33.4 Å². The van der Waals surface area contributed by atoms with Crippen LogP contribution in [0.4, 0.5) is 5.69 Å². The van der Waals surface area contributed by atoms with Gasteiger partial charge >= 0.3 is 0 Å². The molecule has 4 N–H and O–H groups in total. The fourth-order valence-corrected chi connectivity index (χ4v) is 2.47. The largest absolute Gasteiger partial charge is 0.484 e. The summed E-state index contributed by atoms with van der Waals surface area (Å²) >= 11 is 3.47. The molecule has 0 bridgehead atoms. The van der Waals surface area contributed by atoms with E-state index in [0.717, 1.165) is 13.0 Å². The van der Waals surface area contributed by atoms with Gasteiger partial charge in [-0.2, -0.15) is 0 Å². The maximum atomic E-state index is 12.0. The number of benzene rings is 1. The Kier molecular flexibility index (Phi) is 4.97. The monoisotopic (exact) mass is 341 g/mol. The van der Waals surface area contributed by atoms with Gasteiger partial charge in [-0.3, -0.25) is 9.59 Å². The van der Waals surface area contributed by atoms with E-state index in [2.05, 4.69) is 26.6 Å². The van der Waals surface area contributed by atoms with Gasteiger partial charge in [-0.05, 0) is 30.7 Å². The van der Waals surface area contributed by atoms with Gasteiger partial charge in [0.1, 0.15) is 5.75 Å². The molecule has 1 fully saturated rings. The lowest BCUT2D eigenvalue weighted by Crippen LogP contribution is -2.35. The molecule has 7 heteroatoms. The first-order valence-corrected chi connectivity index (χ1v) is 7.15. The SMILES string of the molecule is NC(=O)COc1ccc(NC(=O)C2CC(Br)CN2)cc1. The first-order valence-electron chi connectivity index (χ1n) is 6.24. The average Bonchev–Trinajstić information content (AvgIpc) is 2.85. The Morgan fingerprint density at radius 1 is 1.40 bits per heavy atom. The van der Waals surface area contributed by atoms with E-state index in [-0.39, 0.29) is 18.6 Å². The molecule has 2 rings (SSSR count). The van der Waals surface area contributed by atoms with E-state index < -0.39 is 5.91 Å². The average molecular weight is 342 g/mol. The topological polar surface area (TPSA) is 93.5 Å². The van der Waals surface area contributed by atoms with Crippen molar-refractivity contribution in [3.8, 4) is 5.75 Å². The molecule has 108 valence electrons. The van der Waals surface area contributed by atoms with E-state index in [0.29, 0.717) is 16.3 Å². The minimum atomic E-state index is -0.529. The lowest BCUT2D eigenvalue weighted by molar-refractivity contribution is -0.120. The van der Waals surface area contributed by atoms with E-state index in [1.807, 2.05) is 0 Å². The van der Waals surface area contributed by atoms with Crippen molar-refractivity contribution < 1.29 is 14.3 Å². The molecule has 2 amide bonds. The van der Waals surface area contributed by atoms with Gasteiger partial charge in [-0.25, -0.2) is 0 Å². The smallest absolute Gasteiger partial charge is 0.255 e. The van der Waals surface area contributed by atoms with Crippen LogP contribution in [0.25, 0.3) is 0 Å². The van der Waals surface area contributed by atoms with Crippen LogP contribution in [0.3, 0.4) is 0 Å². The molecule has 1 aliphatic rings. The number of hydrogen-bond donors (Lipinski definition) is 3. The lowest BCUT2D eigenvalue weighted by Gasteiger charge is -2.11. The maximum absolute atomic E-state index is 12.0. The molecule has 1 aliphatic heterocycles. The third-order valence-corrected chi connectivity index (χ3v) is 3.59. The number of primary amides is 1. The fraction of sp³-hybridized carbons (Fsp3) is 0.385. The Labute approximate surface area is 125 Å². The van der Waals surface area contributed by atoms with Crippen LogP contribution in [0, 0.1) is 0 Å². The van der Waals surface area contributed by atoms with Crippen molar-refractivity contribution in [2.24, 2.45) is 5.73 Å². The van der Waals surface area contributed by atoms with Crippen molar-refractivity contribution in [2.45, 2.75) is 17.3 Å². The number of alkyl halides is 1. The van der Waals surface area contributed by atoms with Gasteiger partial charge in [0.15, 0.2) is 6.61 Å². The minimum absolute atomic E-state index is 0.0576. The number of amides is 2. The highest BCUT2D eigenvalue weighted by Crippen LogP contribution is 2.18. The van der Waals surface area contributed by atoms with Crippen LogP contribution >= 0.6 is 15.9 Å². The number of carbonyl (C=O) groups excluding carboxylic acids is 2. The minimum Gasteiger partial charge on any atom is -0.484 e. The predicted molar refractivity (Wildman–Crippen MR) is 78.9 cm³/mol. The van der Waals surface area contributed by atoms with E-state index in [9.17, 15) is 9.59 Å². The van der Waals surface area contributed by atoms with E-state index in [1.165, 1.54) is 0 Å². The second kappa shape index (κ2) is 6.71. The van der Waals surface area contributed by atoms with Crippen molar-refractivity contribution in [1.29, 1.82) is 0 Å². The third-order valence-electron chi connectivity index (χ3n) is 2.90. The summed E-state index contributed by atoms with van der Waals surface area (Å²) in [5.74, 6) is -0.0573. The second-order valence-electron chi connectivity index (χ2n) is 4.56. The highest BCUT2D eigenvalue weighted by Gasteiger charge is 2.27. The molecule has 0 spiro atoms. The summed E-state index contributed by atoms with van der Waals surface area (Å²) in [7, 11) is 0. The molecule has 2 unspecified atom stereocenters. The highest BCUT2D eigenvalue weighted by molar-refractivity contribution is 9.09. The van der Waals surface area contributed by atoms with Crippen LogP contribution in [-0.2, 0) is 9.59 Å². The first-order chi connectivity index (χ1) is 9.54. The van der Waals surface area contributed by atoms with Gasteiger partial charge in [0.05, 0.1) is 6.04 Å². The fourth-order valence-electron chi connectivity index (χ4n) is 1.91. The maximum Gasteiger partial charge on any atom is 0.255 e. The number of nitrogens with two attached hydrogens (primary N) is 1. The number of hydrogen-bond acceptors (Lipinski definition) is 4. The molecule has 0 aliphatic carbocycles.